The number of nitrogens with one attached hydrogen (secondary N) is 2. The quantitative estimate of drug-likeness (QED) is 0.837. The Morgan fingerprint density at radius 1 is 1.21 bits per heavy atom. The molecule has 0 radical (unpaired) electrons. The average molecular weight is 338 g/mol. The number of urea groups is 1. The molecule has 2 atom stereocenters. The third-order valence-corrected chi connectivity index (χ3v) is 4.15. The Morgan fingerprint density at radius 3 is 2.67 bits per heavy atom. The molecule has 7 heteroatoms. The lowest BCUT2D eigenvalue weighted by Gasteiger charge is -2.16. The minimum Gasteiger partial charge on any atom is -0.489 e. The number of anilines is 1. The standard InChI is InChI=1S/C17H23FN2O4/c18-12-5-6-16(24-11-14-4-2-8-23-14)15(9-12)20-17(21)19-10-13-3-1-7-22-13/h5-6,9,13-14H,1-4,7-8,10-11H2,(H2,19,20,21)/t13-,14+/m1/s1. The minimum atomic E-state index is -0.436. The van der Waals surface area contributed by atoms with E-state index in [9.17, 15) is 9.18 Å². The highest BCUT2D eigenvalue weighted by molar-refractivity contribution is 5.90. The van der Waals surface area contributed by atoms with Crippen molar-refractivity contribution in [2.45, 2.75) is 37.9 Å². The van der Waals surface area contributed by atoms with E-state index in [0.717, 1.165) is 38.9 Å². The highest BCUT2D eigenvalue weighted by Gasteiger charge is 2.19. The number of benzene rings is 1. The van der Waals surface area contributed by atoms with Crippen LogP contribution in [0.4, 0.5) is 14.9 Å². The predicted octanol–water partition coefficient (Wildman–Crippen LogP) is 2.68. The first-order valence-electron chi connectivity index (χ1n) is 8.41. The fourth-order valence-electron chi connectivity index (χ4n) is 2.86. The van der Waals surface area contributed by atoms with Gasteiger partial charge in [-0.25, -0.2) is 9.18 Å². The van der Waals surface area contributed by atoms with Crippen LogP contribution in [0.3, 0.4) is 0 Å². The molecule has 0 spiro atoms. The lowest BCUT2D eigenvalue weighted by Crippen LogP contribution is -2.35. The zero-order chi connectivity index (χ0) is 16.8. The second-order valence-corrected chi connectivity index (χ2v) is 6.06. The van der Waals surface area contributed by atoms with Gasteiger partial charge in [0.2, 0.25) is 0 Å². The molecule has 2 aliphatic heterocycles. The van der Waals surface area contributed by atoms with Crippen molar-refractivity contribution in [3.63, 3.8) is 0 Å². The zero-order valence-electron chi connectivity index (χ0n) is 13.6. The molecule has 2 heterocycles. The maximum atomic E-state index is 13.5. The maximum absolute atomic E-state index is 13.5. The van der Waals surface area contributed by atoms with Gasteiger partial charge in [-0.15, -0.1) is 0 Å². The smallest absolute Gasteiger partial charge is 0.319 e. The van der Waals surface area contributed by atoms with Gasteiger partial charge in [-0.3, -0.25) is 0 Å². The van der Waals surface area contributed by atoms with E-state index < -0.39 is 11.8 Å². The van der Waals surface area contributed by atoms with E-state index in [1.807, 2.05) is 0 Å². The highest BCUT2D eigenvalue weighted by Crippen LogP contribution is 2.26. The Kier molecular flexibility index (Phi) is 5.87. The van der Waals surface area contributed by atoms with Gasteiger partial charge in [0.1, 0.15) is 18.2 Å². The van der Waals surface area contributed by atoms with Crippen LogP contribution < -0.4 is 15.4 Å². The minimum absolute atomic E-state index is 0.0521. The molecule has 3 rings (SSSR count). The Morgan fingerprint density at radius 2 is 1.96 bits per heavy atom. The molecule has 132 valence electrons. The molecule has 2 amide bonds. The van der Waals surface area contributed by atoms with Gasteiger partial charge in [0.05, 0.1) is 17.9 Å². The SMILES string of the molecule is O=C(NC[C@H]1CCCO1)Nc1cc(F)ccc1OC[C@@H]1CCCO1. The summed E-state index contributed by atoms with van der Waals surface area (Å²) >= 11 is 0. The highest BCUT2D eigenvalue weighted by atomic mass is 19.1. The van der Waals surface area contributed by atoms with Crippen LogP contribution in [0.15, 0.2) is 18.2 Å². The monoisotopic (exact) mass is 338 g/mol. The van der Waals surface area contributed by atoms with Crippen LogP contribution in [0.25, 0.3) is 0 Å². The molecular weight excluding hydrogens is 315 g/mol. The van der Waals surface area contributed by atoms with Crippen LogP contribution in [-0.4, -0.2) is 44.6 Å². The number of carbonyl (C=O) groups excluding carboxylic acids is 1. The zero-order valence-corrected chi connectivity index (χ0v) is 13.6. The summed E-state index contributed by atoms with van der Waals surface area (Å²) in [5.41, 5.74) is 0.304. The van der Waals surface area contributed by atoms with Crippen LogP contribution in [0, 0.1) is 5.82 Å². The Labute approximate surface area is 140 Å². The summed E-state index contributed by atoms with van der Waals surface area (Å²) in [6.45, 7) is 2.30. The summed E-state index contributed by atoms with van der Waals surface area (Å²) in [6.07, 6.45) is 4.03. The van der Waals surface area contributed by atoms with Gasteiger partial charge < -0.3 is 24.8 Å². The van der Waals surface area contributed by atoms with Crippen LogP contribution in [0.1, 0.15) is 25.7 Å². The molecule has 2 saturated heterocycles. The molecular formula is C17H23FN2O4. The number of hydrogen-bond donors (Lipinski definition) is 2. The number of carbonyl (C=O) groups is 1. The van der Waals surface area contributed by atoms with Crippen molar-refractivity contribution >= 4 is 11.7 Å². The van der Waals surface area contributed by atoms with Crippen molar-refractivity contribution in [2.24, 2.45) is 0 Å². The largest absolute Gasteiger partial charge is 0.489 e. The van der Waals surface area contributed by atoms with Crippen LogP contribution >= 0.6 is 0 Å². The third kappa shape index (κ3) is 4.82. The van der Waals surface area contributed by atoms with Gasteiger partial charge in [0, 0.05) is 25.8 Å². The summed E-state index contributed by atoms with van der Waals surface area (Å²) < 4.78 is 30.1. The van der Waals surface area contributed by atoms with Crippen molar-refractivity contribution < 1.29 is 23.4 Å². The van der Waals surface area contributed by atoms with Crippen molar-refractivity contribution in [1.82, 2.24) is 5.32 Å². The Balaban J connectivity index is 1.54. The van der Waals surface area contributed by atoms with Crippen molar-refractivity contribution in [2.75, 3.05) is 31.7 Å². The Hall–Kier alpha value is -1.86. The Bertz CT molecular complexity index is 558. The average Bonchev–Trinajstić information content (AvgIpc) is 3.26. The molecule has 0 unspecified atom stereocenters. The van der Waals surface area contributed by atoms with E-state index in [0.29, 0.717) is 24.6 Å². The van der Waals surface area contributed by atoms with Gasteiger partial charge >= 0.3 is 6.03 Å². The van der Waals surface area contributed by atoms with Crippen molar-refractivity contribution in [3.05, 3.63) is 24.0 Å². The summed E-state index contributed by atoms with van der Waals surface area (Å²) in [7, 11) is 0. The van der Waals surface area contributed by atoms with Crippen LogP contribution in [0.5, 0.6) is 5.75 Å². The lowest BCUT2D eigenvalue weighted by molar-refractivity contribution is 0.0682. The molecule has 0 bridgehead atoms. The molecule has 1 aromatic carbocycles. The summed E-state index contributed by atoms with van der Waals surface area (Å²) in [6, 6.07) is 3.66. The molecule has 0 saturated carbocycles. The summed E-state index contributed by atoms with van der Waals surface area (Å²) in [5, 5.41) is 5.38. The van der Waals surface area contributed by atoms with Crippen molar-refractivity contribution in [3.8, 4) is 5.75 Å². The number of halogens is 1. The molecule has 2 N–H and O–H groups in total. The van der Waals surface area contributed by atoms with Gasteiger partial charge in [-0.05, 0) is 37.8 Å². The first-order chi connectivity index (χ1) is 11.7. The fraction of sp³-hybridized carbons (Fsp3) is 0.588. The molecule has 2 fully saturated rings. The summed E-state index contributed by atoms with van der Waals surface area (Å²) in [4.78, 5) is 12.0. The molecule has 2 aliphatic rings. The summed E-state index contributed by atoms with van der Waals surface area (Å²) in [5.74, 6) is -0.00643. The molecule has 1 aromatic rings. The number of rotatable bonds is 6. The normalized spacial score (nSPS) is 23.2. The second kappa shape index (κ2) is 8.30. The van der Waals surface area contributed by atoms with Gasteiger partial charge in [-0.1, -0.05) is 0 Å². The van der Waals surface area contributed by atoms with E-state index in [1.165, 1.54) is 18.2 Å². The van der Waals surface area contributed by atoms with Crippen LogP contribution in [0.2, 0.25) is 0 Å². The van der Waals surface area contributed by atoms with E-state index in [4.69, 9.17) is 14.2 Å². The van der Waals surface area contributed by atoms with E-state index >= 15 is 0 Å². The fourth-order valence-corrected chi connectivity index (χ4v) is 2.86. The van der Waals surface area contributed by atoms with Crippen LogP contribution in [-0.2, 0) is 9.47 Å². The van der Waals surface area contributed by atoms with Crippen molar-refractivity contribution in [1.29, 1.82) is 0 Å². The van der Waals surface area contributed by atoms with E-state index in [1.54, 1.807) is 0 Å². The first kappa shape index (κ1) is 17.0. The van der Waals surface area contributed by atoms with Gasteiger partial charge in [-0.2, -0.15) is 0 Å². The van der Waals surface area contributed by atoms with Gasteiger partial charge in [0.25, 0.3) is 0 Å². The van der Waals surface area contributed by atoms with E-state index in [2.05, 4.69) is 10.6 Å². The number of hydrogen-bond acceptors (Lipinski definition) is 4. The number of ether oxygens (including phenoxy) is 3. The molecule has 24 heavy (non-hydrogen) atoms. The number of amides is 2. The maximum Gasteiger partial charge on any atom is 0.319 e. The predicted molar refractivity (Wildman–Crippen MR) is 86.9 cm³/mol. The molecule has 0 aromatic heterocycles. The second-order valence-electron chi connectivity index (χ2n) is 6.06. The van der Waals surface area contributed by atoms with Gasteiger partial charge in [0.15, 0.2) is 0 Å². The topological polar surface area (TPSA) is 68.8 Å². The molecule has 6 nitrogen and oxygen atoms in total. The third-order valence-electron chi connectivity index (χ3n) is 4.15. The van der Waals surface area contributed by atoms with E-state index in [-0.39, 0.29) is 12.2 Å². The lowest BCUT2D eigenvalue weighted by atomic mass is 10.2. The first-order valence-corrected chi connectivity index (χ1v) is 8.41. The molecule has 0 aliphatic carbocycles.